The second-order valence-corrected chi connectivity index (χ2v) is 7.88. The molecule has 0 atom stereocenters. The molecule has 1 aliphatic heterocycles. The maximum atomic E-state index is 13.0. The van der Waals surface area contributed by atoms with Gasteiger partial charge in [-0.05, 0) is 49.9 Å². The van der Waals surface area contributed by atoms with Crippen molar-refractivity contribution >= 4 is 28.5 Å². The molecule has 31 heavy (non-hydrogen) atoms. The topological polar surface area (TPSA) is 84.3 Å². The summed E-state index contributed by atoms with van der Waals surface area (Å²) in [4.78, 5) is 45.1. The van der Waals surface area contributed by atoms with E-state index >= 15 is 0 Å². The van der Waals surface area contributed by atoms with E-state index < -0.39 is 0 Å². The van der Waals surface area contributed by atoms with Crippen molar-refractivity contribution in [1.82, 2.24) is 14.5 Å². The molecule has 1 aliphatic rings. The Labute approximate surface area is 180 Å². The predicted molar refractivity (Wildman–Crippen MR) is 120 cm³/mol. The Balaban J connectivity index is 1.72. The third-order valence-electron chi connectivity index (χ3n) is 5.67. The summed E-state index contributed by atoms with van der Waals surface area (Å²) >= 11 is 0. The van der Waals surface area contributed by atoms with Gasteiger partial charge in [0.05, 0.1) is 5.39 Å². The van der Waals surface area contributed by atoms with Crippen molar-refractivity contribution in [3.05, 3.63) is 69.6 Å². The molecule has 0 bridgehead atoms. The number of para-hydroxylation sites is 1. The summed E-state index contributed by atoms with van der Waals surface area (Å²) in [5.74, 6) is -0.524. The van der Waals surface area contributed by atoms with E-state index in [0.29, 0.717) is 24.1 Å². The average molecular weight is 418 g/mol. The zero-order valence-corrected chi connectivity index (χ0v) is 17.9. The van der Waals surface area contributed by atoms with E-state index in [0.717, 1.165) is 36.2 Å². The lowest BCUT2D eigenvalue weighted by Gasteiger charge is -2.18. The molecule has 0 spiro atoms. The van der Waals surface area contributed by atoms with Crippen molar-refractivity contribution in [2.45, 2.75) is 39.7 Å². The number of nitrogens with one attached hydrogen (secondary N) is 1. The molecule has 1 saturated heterocycles. The van der Waals surface area contributed by atoms with Crippen molar-refractivity contribution in [3.63, 3.8) is 0 Å². The van der Waals surface area contributed by atoms with E-state index in [2.05, 4.69) is 10.3 Å². The normalized spacial score (nSPS) is 13.5. The summed E-state index contributed by atoms with van der Waals surface area (Å²) in [6, 6.07) is 11.1. The molecular weight excluding hydrogens is 392 g/mol. The van der Waals surface area contributed by atoms with Crippen LogP contribution in [0.4, 0.5) is 5.69 Å². The number of hydrogen-bond donors (Lipinski definition) is 1. The van der Waals surface area contributed by atoms with E-state index in [1.807, 2.05) is 38.1 Å². The van der Waals surface area contributed by atoms with Gasteiger partial charge in [-0.1, -0.05) is 25.1 Å². The van der Waals surface area contributed by atoms with Gasteiger partial charge in [0, 0.05) is 30.7 Å². The van der Waals surface area contributed by atoms with Crippen LogP contribution < -0.4 is 10.7 Å². The Kier molecular flexibility index (Phi) is 5.84. The molecule has 1 fully saturated rings. The zero-order chi connectivity index (χ0) is 22.0. The highest BCUT2D eigenvalue weighted by molar-refractivity contribution is 5.98. The third kappa shape index (κ3) is 4.21. The smallest absolute Gasteiger partial charge is 0.259 e. The molecule has 1 N–H and O–H groups in total. The number of carbonyl (C=O) groups excluding carboxylic acids is 2. The minimum absolute atomic E-state index is 0.0500. The number of fused-ring (bicyclic) bond motifs is 1. The molecule has 0 saturated carbocycles. The van der Waals surface area contributed by atoms with Crippen LogP contribution in [0.15, 0.2) is 47.4 Å². The highest BCUT2D eigenvalue weighted by atomic mass is 16.2. The zero-order valence-electron chi connectivity index (χ0n) is 17.9. The van der Waals surface area contributed by atoms with Gasteiger partial charge in [-0.25, -0.2) is 4.98 Å². The van der Waals surface area contributed by atoms with Gasteiger partial charge < -0.3 is 14.8 Å². The van der Waals surface area contributed by atoms with Crippen LogP contribution in [-0.2, 0) is 17.8 Å². The van der Waals surface area contributed by atoms with Crippen LogP contribution in [-0.4, -0.2) is 39.4 Å². The highest BCUT2D eigenvalue weighted by Gasteiger charge is 2.24. The standard InChI is InChI=1S/C24H26N4O3/c1-3-17-8-4-5-9-20(17)26-21(29)15-28-14-19(24(31)27-12-6-7-13-27)22(30)18-11-10-16(2)25-23(18)28/h4-5,8-11,14H,3,6-7,12-13,15H2,1-2H3,(H,26,29). The Morgan fingerprint density at radius 3 is 2.58 bits per heavy atom. The SMILES string of the molecule is CCc1ccccc1NC(=O)Cn1cc(C(=O)N2CCCC2)c(=O)c2ccc(C)nc21. The van der Waals surface area contributed by atoms with Crippen LogP contribution in [0.2, 0.25) is 0 Å². The monoisotopic (exact) mass is 418 g/mol. The number of aromatic nitrogens is 2. The van der Waals surface area contributed by atoms with Gasteiger partial charge in [-0.3, -0.25) is 14.4 Å². The van der Waals surface area contributed by atoms with Gasteiger partial charge >= 0.3 is 0 Å². The molecule has 0 aliphatic carbocycles. The Morgan fingerprint density at radius 1 is 1.10 bits per heavy atom. The highest BCUT2D eigenvalue weighted by Crippen LogP contribution is 2.17. The summed E-state index contributed by atoms with van der Waals surface area (Å²) in [6.07, 6.45) is 4.16. The minimum atomic E-state index is -0.340. The van der Waals surface area contributed by atoms with E-state index in [4.69, 9.17) is 0 Å². The number of nitrogens with zero attached hydrogens (tertiary/aromatic N) is 3. The number of hydrogen-bond acceptors (Lipinski definition) is 4. The molecular formula is C24H26N4O3. The summed E-state index contributed by atoms with van der Waals surface area (Å²) in [5, 5.41) is 3.29. The van der Waals surface area contributed by atoms with E-state index in [1.54, 1.807) is 21.6 Å². The maximum absolute atomic E-state index is 13.0. The summed E-state index contributed by atoms with van der Waals surface area (Å²) < 4.78 is 1.61. The second-order valence-electron chi connectivity index (χ2n) is 7.88. The first-order chi connectivity index (χ1) is 15.0. The van der Waals surface area contributed by atoms with Crippen LogP contribution in [0.5, 0.6) is 0 Å². The molecule has 7 heteroatoms. The van der Waals surface area contributed by atoms with Gasteiger partial charge in [0.1, 0.15) is 17.8 Å². The first kappa shape index (κ1) is 20.8. The van der Waals surface area contributed by atoms with Crippen molar-refractivity contribution in [2.24, 2.45) is 0 Å². The quantitative estimate of drug-likeness (QED) is 0.690. The van der Waals surface area contributed by atoms with Crippen molar-refractivity contribution in [3.8, 4) is 0 Å². The predicted octanol–water partition coefficient (Wildman–Crippen LogP) is 3.14. The number of carbonyl (C=O) groups is 2. The molecule has 3 aromatic rings. The molecule has 160 valence electrons. The minimum Gasteiger partial charge on any atom is -0.338 e. The fraction of sp³-hybridized carbons (Fsp3) is 0.333. The summed E-state index contributed by atoms with van der Waals surface area (Å²) in [6.45, 7) is 5.11. The van der Waals surface area contributed by atoms with Gasteiger partial charge in [0.25, 0.3) is 5.91 Å². The molecule has 0 unspecified atom stereocenters. The molecule has 0 radical (unpaired) electrons. The van der Waals surface area contributed by atoms with Crippen LogP contribution in [0.3, 0.4) is 0 Å². The Morgan fingerprint density at radius 2 is 1.84 bits per heavy atom. The third-order valence-corrected chi connectivity index (χ3v) is 5.67. The maximum Gasteiger partial charge on any atom is 0.259 e. The van der Waals surface area contributed by atoms with Crippen LogP contribution in [0, 0.1) is 6.92 Å². The fourth-order valence-electron chi connectivity index (χ4n) is 4.02. The molecule has 3 heterocycles. The van der Waals surface area contributed by atoms with E-state index in [-0.39, 0.29) is 29.4 Å². The Hall–Kier alpha value is -3.48. The van der Waals surface area contributed by atoms with E-state index in [9.17, 15) is 14.4 Å². The average Bonchev–Trinajstić information content (AvgIpc) is 3.30. The number of aryl methyl sites for hydroxylation is 2. The number of pyridine rings is 2. The van der Waals surface area contributed by atoms with E-state index in [1.165, 1.54) is 6.20 Å². The van der Waals surface area contributed by atoms with Crippen LogP contribution in [0.25, 0.3) is 11.0 Å². The number of benzene rings is 1. The summed E-state index contributed by atoms with van der Waals surface area (Å²) in [7, 11) is 0. The van der Waals surface area contributed by atoms with Crippen molar-refractivity contribution in [2.75, 3.05) is 18.4 Å². The first-order valence-corrected chi connectivity index (χ1v) is 10.7. The fourth-order valence-corrected chi connectivity index (χ4v) is 4.02. The Bertz CT molecular complexity index is 1210. The largest absolute Gasteiger partial charge is 0.338 e. The number of amides is 2. The van der Waals surface area contributed by atoms with Gasteiger partial charge in [-0.15, -0.1) is 0 Å². The van der Waals surface area contributed by atoms with Gasteiger partial charge in [0.2, 0.25) is 11.3 Å². The molecule has 1 aromatic carbocycles. The van der Waals surface area contributed by atoms with Gasteiger partial charge in [-0.2, -0.15) is 0 Å². The number of anilines is 1. The number of rotatable bonds is 5. The number of likely N-dealkylation sites (tertiary alicyclic amines) is 1. The molecule has 2 aromatic heterocycles. The lowest BCUT2D eigenvalue weighted by Crippen LogP contribution is -2.33. The second kappa shape index (κ2) is 8.71. The van der Waals surface area contributed by atoms with Crippen LogP contribution in [0.1, 0.15) is 41.4 Å². The lowest BCUT2D eigenvalue weighted by molar-refractivity contribution is -0.116. The first-order valence-electron chi connectivity index (χ1n) is 10.7. The van der Waals surface area contributed by atoms with Gasteiger partial charge in [0.15, 0.2) is 0 Å². The van der Waals surface area contributed by atoms with Crippen molar-refractivity contribution < 1.29 is 9.59 Å². The summed E-state index contributed by atoms with van der Waals surface area (Å²) in [5.41, 5.74) is 2.68. The lowest BCUT2D eigenvalue weighted by atomic mass is 10.1. The van der Waals surface area contributed by atoms with Crippen molar-refractivity contribution in [1.29, 1.82) is 0 Å². The molecule has 7 nitrogen and oxygen atoms in total. The molecule has 2 amide bonds. The molecule has 4 rings (SSSR count). The van der Waals surface area contributed by atoms with Crippen LogP contribution >= 0.6 is 0 Å².